The predicted octanol–water partition coefficient (Wildman–Crippen LogP) is 3.70. The highest BCUT2D eigenvalue weighted by Gasteiger charge is 2.53. The van der Waals surface area contributed by atoms with Crippen LogP contribution in [-0.2, 0) is 16.1 Å². The van der Waals surface area contributed by atoms with E-state index in [1.54, 1.807) is 19.0 Å². The van der Waals surface area contributed by atoms with Crippen LogP contribution < -0.4 is 5.32 Å². The summed E-state index contributed by atoms with van der Waals surface area (Å²) in [6.07, 6.45) is 3.83. The third kappa shape index (κ3) is 5.80. The summed E-state index contributed by atoms with van der Waals surface area (Å²) >= 11 is 0. The van der Waals surface area contributed by atoms with Crippen molar-refractivity contribution in [3.05, 3.63) is 46.8 Å². The Balaban J connectivity index is 1.48. The molecule has 1 atom stereocenters. The molecule has 4 rings (SSSR count). The first kappa shape index (κ1) is 29.8. The minimum atomic E-state index is -0.754. The maximum atomic E-state index is 13.6. The number of likely N-dealkylation sites (tertiary alicyclic amines) is 1. The first-order chi connectivity index (χ1) is 19.0. The maximum Gasteiger partial charge on any atom is 0.253 e. The van der Waals surface area contributed by atoms with E-state index < -0.39 is 11.6 Å². The van der Waals surface area contributed by atoms with E-state index in [-0.39, 0.29) is 17.7 Å². The number of aromatic nitrogens is 2. The van der Waals surface area contributed by atoms with E-state index in [2.05, 4.69) is 37.9 Å². The normalized spacial score (nSPS) is 19.4. The van der Waals surface area contributed by atoms with E-state index in [0.29, 0.717) is 37.3 Å². The van der Waals surface area contributed by atoms with Gasteiger partial charge in [0.05, 0.1) is 11.4 Å². The standard InChI is InChI=1S/C31H46N6O3/c1-8-9-16-36-29(39)27(19-21(2)3)32-30(40)31(36)14-17-35(18-15-31)20-26-22(4)33-37(23(26)5)25-12-10-24(11-13-25)28(38)34(6)7/h10-13,21,27H,8-9,14-20H2,1-7H3,(H,32,40). The van der Waals surface area contributed by atoms with Crippen molar-refractivity contribution >= 4 is 17.7 Å². The van der Waals surface area contributed by atoms with Gasteiger partial charge in [0.1, 0.15) is 11.6 Å². The van der Waals surface area contributed by atoms with Crippen molar-refractivity contribution in [2.75, 3.05) is 33.7 Å². The lowest BCUT2D eigenvalue weighted by atomic mass is 9.80. The molecule has 0 aliphatic carbocycles. The summed E-state index contributed by atoms with van der Waals surface area (Å²) in [5, 5.41) is 7.92. The van der Waals surface area contributed by atoms with Gasteiger partial charge in [-0.2, -0.15) is 5.10 Å². The Bertz CT molecular complexity index is 1220. The van der Waals surface area contributed by atoms with Crippen molar-refractivity contribution in [1.29, 1.82) is 0 Å². The first-order valence-electron chi connectivity index (χ1n) is 14.7. The summed E-state index contributed by atoms with van der Waals surface area (Å²) < 4.78 is 1.94. The summed E-state index contributed by atoms with van der Waals surface area (Å²) in [4.78, 5) is 45.2. The number of nitrogens with zero attached hydrogens (tertiary/aromatic N) is 5. The Morgan fingerprint density at radius 3 is 2.35 bits per heavy atom. The van der Waals surface area contributed by atoms with Gasteiger partial charge in [-0.05, 0) is 69.7 Å². The summed E-state index contributed by atoms with van der Waals surface area (Å²) in [5.74, 6) is 0.413. The smallest absolute Gasteiger partial charge is 0.253 e. The molecule has 1 aromatic heterocycles. The van der Waals surface area contributed by atoms with E-state index in [0.717, 1.165) is 49.6 Å². The molecule has 9 heteroatoms. The Morgan fingerprint density at radius 1 is 1.12 bits per heavy atom. The number of carbonyl (C=O) groups excluding carboxylic acids is 3. The number of rotatable bonds is 9. The number of nitrogens with one attached hydrogen (secondary N) is 1. The molecule has 0 radical (unpaired) electrons. The molecule has 2 saturated heterocycles. The highest BCUT2D eigenvalue weighted by Crippen LogP contribution is 2.35. The van der Waals surface area contributed by atoms with Crippen LogP contribution >= 0.6 is 0 Å². The molecule has 2 aromatic rings. The third-order valence-corrected chi connectivity index (χ3v) is 8.52. The summed E-state index contributed by atoms with van der Waals surface area (Å²) in [5.41, 5.74) is 4.02. The molecule has 0 saturated carbocycles. The molecule has 2 fully saturated rings. The summed E-state index contributed by atoms with van der Waals surface area (Å²) in [6.45, 7) is 13.3. The number of hydrogen-bond acceptors (Lipinski definition) is 5. The number of carbonyl (C=O) groups is 3. The molecule has 218 valence electrons. The van der Waals surface area contributed by atoms with Crippen molar-refractivity contribution in [3.63, 3.8) is 0 Å². The minimum Gasteiger partial charge on any atom is -0.345 e. The van der Waals surface area contributed by atoms with Gasteiger partial charge in [0.2, 0.25) is 11.8 Å². The van der Waals surface area contributed by atoms with Crippen LogP contribution in [0.1, 0.15) is 80.2 Å². The monoisotopic (exact) mass is 550 g/mol. The molecule has 1 unspecified atom stereocenters. The summed E-state index contributed by atoms with van der Waals surface area (Å²) in [6, 6.07) is 7.12. The van der Waals surface area contributed by atoms with Gasteiger partial charge in [0.15, 0.2) is 0 Å². The topological polar surface area (TPSA) is 90.8 Å². The van der Waals surface area contributed by atoms with E-state index in [1.807, 2.05) is 40.8 Å². The van der Waals surface area contributed by atoms with E-state index in [9.17, 15) is 14.4 Å². The number of amides is 3. The molecule has 2 aliphatic rings. The van der Waals surface area contributed by atoms with Crippen molar-refractivity contribution in [3.8, 4) is 5.69 Å². The Morgan fingerprint density at radius 2 is 1.77 bits per heavy atom. The Hall–Kier alpha value is -3.20. The van der Waals surface area contributed by atoms with Crippen LogP contribution in [0.2, 0.25) is 0 Å². The number of hydrogen-bond donors (Lipinski definition) is 1. The lowest BCUT2D eigenvalue weighted by molar-refractivity contribution is -0.161. The average molecular weight is 551 g/mol. The lowest BCUT2D eigenvalue weighted by Gasteiger charge is -2.52. The zero-order valence-corrected chi connectivity index (χ0v) is 25.3. The largest absolute Gasteiger partial charge is 0.345 e. The fraction of sp³-hybridized carbons (Fsp3) is 0.613. The van der Waals surface area contributed by atoms with Gasteiger partial charge in [-0.25, -0.2) is 4.68 Å². The lowest BCUT2D eigenvalue weighted by Crippen LogP contribution is -2.73. The highest BCUT2D eigenvalue weighted by atomic mass is 16.2. The average Bonchev–Trinajstić information content (AvgIpc) is 3.20. The Kier molecular flexibility index (Phi) is 9.02. The molecule has 9 nitrogen and oxygen atoms in total. The number of piperazine rings is 1. The maximum absolute atomic E-state index is 13.6. The van der Waals surface area contributed by atoms with E-state index >= 15 is 0 Å². The zero-order chi connectivity index (χ0) is 29.2. The molecule has 3 heterocycles. The van der Waals surface area contributed by atoms with Crippen molar-refractivity contribution in [1.82, 2.24) is 29.8 Å². The zero-order valence-electron chi connectivity index (χ0n) is 25.3. The van der Waals surface area contributed by atoms with Crippen LogP contribution in [0.25, 0.3) is 5.69 Å². The molecule has 0 bridgehead atoms. The number of piperidine rings is 1. The van der Waals surface area contributed by atoms with Crippen LogP contribution in [-0.4, -0.2) is 87.5 Å². The minimum absolute atomic E-state index is 0.0184. The third-order valence-electron chi connectivity index (χ3n) is 8.52. The van der Waals surface area contributed by atoms with Gasteiger partial charge in [-0.15, -0.1) is 0 Å². The summed E-state index contributed by atoms with van der Waals surface area (Å²) in [7, 11) is 3.49. The van der Waals surface area contributed by atoms with Crippen molar-refractivity contribution in [2.24, 2.45) is 5.92 Å². The second-order valence-corrected chi connectivity index (χ2v) is 12.1. The molecule has 1 spiro atoms. The van der Waals surface area contributed by atoms with Crippen LogP contribution in [0.3, 0.4) is 0 Å². The van der Waals surface area contributed by atoms with Gasteiger partial charge >= 0.3 is 0 Å². The van der Waals surface area contributed by atoms with Crippen LogP contribution in [0, 0.1) is 19.8 Å². The second-order valence-electron chi connectivity index (χ2n) is 12.1. The van der Waals surface area contributed by atoms with Crippen LogP contribution in [0.5, 0.6) is 0 Å². The fourth-order valence-electron chi connectivity index (χ4n) is 6.11. The quantitative estimate of drug-likeness (QED) is 0.514. The Labute approximate surface area is 238 Å². The number of benzene rings is 1. The number of aryl methyl sites for hydroxylation is 1. The molecular weight excluding hydrogens is 504 g/mol. The van der Waals surface area contributed by atoms with Gasteiger partial charge in [0, 0.05) is 57.1 Å². The highest BCUT2D eigenvalue weighted by molar-refractivity contribution is 6.00. The van der Waals surface area contributed by atoms with Gasteiger partial charge < -0.3 is 15.1 Å². The van der Waals surface area contributed by atoms with Gasteiger partial charge in [0.25, 0.3) is 5.91 Å². The SMILES string of the molecule is CCCCN1C(=O)C(CC(C)C)NC(=O)C12CCN(Cc1c(C)nn(-c3ccc(C(=O)N(C)C)cc3)c1C)CC2. The van der Waals surface area contributed by atoms with Crippen molar-refractivity contribution in [2.45, 2.75) is 84.8 Å². The van der Waals surface area contributed by atoms with E-state index in [4.69, 9.17) is 5.10 Å². The fourth-order valence-corrected chi connectivity index (χ4v) is 6.11. The molecule has 3 amide bonds. The molecule has 2 aliphatic heterocycles. The van der Waals surface area contributed by atoms with Gasteiger partial charge in [-0.3, -0.25) is 19.3 Å². The van der Waals surface area contributed by atoms with Crippen LogP contribution in [0.15, 0.2) is 24.3 Å². The molecular formula is C31H46N6O3. The number of unbranched alkanes of at least 4 members (excludes halogenated alkanes) is 1. The predicted molar refractivity (Wildman–Crippen MR) is 156 cm³/mol. The van der Waals surface area contributed by atoms with E-state index in [1.165, 1.54) is 5.56 Å². The second kappa shape index (κ2) is 12.1. The molecule has 1 aromatic carbocycles. The van der Waals surface area contributed by atoms with Crippen LogP contribution in [0.4, 0.5) is 0 Å². The first-order valence-corrected chi connectivity index (χ1v) is 14.7. The molecule has 40 heavy (non-hydrogen) atoms. The van der Waals surface area contributed by atoms with Gasteiger partial charge in [-0.1, -0.05) is 27.2 Å². The van der Waals surface area contributed by atoms with Crippen molar-refractivity contribution < 1.29 is 14.4 Å². The molecule has 1 N–H and O–H groups in total.